The molecule has 0 unspecified atom stereocenters. The Bertz CT molecular complexity index is 1030. The Morgan fingerprint density at radius 1 is 1.03 bits per heavy atom. The molecule has 0 radical (unpaired) electrons. The number of hydrogen-bond donors (Lipinski definition) is 0. The van der Waals surface area contributed by atoms with E-state index in [1.54, 1.807) is 4.31 Å². The molecule has 7 nitrogen and oxygen atoms in total. The average Bonchev–Trinajstić information content (AvgIpc) is 2.87. The summed E-state index contributed by atoms with van der Waals surface area (Å²) in [6.45, 7) is 4.79. The monoisotopic (exact) mass is 511 g/mol. The van der Waals surface area contributed by atoms with Gasteiger partial charge in [-0.3, -0.25) is 9.69 Å². The van der Waals surface area contributed by atoms with E-state index in [0.29, 0.717) is 58.2 Å². The molecule has 5 rings (SSSR count). The molecule has 4 aliphatic rings. The number of sulfonamides is 1. The first-order valence-electron chi connectivity index (χ1n) is 12.9. The number of halogens is 2. The molecule has 0 bridgehead atoms. The van der Waals surface area contributed by atoms with E-state index in [4.69, 9.17) is 4.74 Å². The third-order valence-corrected chi connectivity index (χ3v) is 10.3. The van der Waals surface area contributed by atoms with Gasteiger partial charge < -0.3 is 9.64 Å². The first-order chi connectivity index (χ1) is 16.9. The van der Waals surface area contributed by atoms with Gasteiger partial charge >= 0.3 is 0 Å². The fraction of sp³-hybridized carbons (Fsp3) is 0.720. The molecule has 35 heavy (non-hydrogen) atoms. The van der Waals surface area contributed by atoms with Gasteiger partial charge in [-0.15, -0.1) is 0 Å². The maximum absolute atomic E-state index is 14.0. The Hall–Kier alpha value is -1.62. The van der Waals surface area contributed by atoms with Crippen LogP contribution >= 0.6 is 0 Å². The molecule has 0 saturated carbocycles. The second-order valence-corrected chi connectivity index (χ2v) is 12.2. The highest BCUT2D eigenvalue weighted by Crippen LogP contribution is 2.45. The molecule has 4 fully saturated rings. The number of morpholine rings is 1. The van der Waals surface area contributed by atoms with E-state index in [9.17, 15) is 22.0 Å². The largest absolute Gasteiger partial charge is 0.378 e. The fourth-order valence-electron chi connectivity index (χ4n) is 6.80. The highest BCUT2D eigenvalue weighted by molar-refractivity contribution is 7.89. The number of carbonyl (C=O) groups excluding carboxylic acids is 1. The summed E-state index contributed by atoms with van der Waals surface area (Å²) in [5.41, 5.74) is 0. The lowest BCUT2D eigenvalue weighted by molar-refractivity contribution is -0.135. The number of piperidine rings is 3. The van der Waals surface area contributed by atoms with Gasteiger partial charge in [0, 0.05) is 38.1 Å². The molecule has 4 heterocycles. The van der Waals surface area contributed by atoms with Crippen molar-refractivity contribution in [2.24, 2.45) is 11.8 Å². The highest BCUT2D eigenvalue weighted by Gasteiger charge is 2.51. The van der Waals surface area contributed by atoms with Gasteiger partial charge in [-0.2, -0.15) is 4.31 Å². The maximum atomic E-state index is 14.0. The molecule has 0 aliphatic carbocycles. The van der Waals surface area contributed by atoms with Crippen LogP contribution < -0.4 is 0 Å². The second-order valence-electron chi connectivity index (χ2n) is 10.3. The minimum atomic E-state index is -4.01. The number of hydrogen-bond acceptors (Lipinski definition) is 5. The van der Waals surface area contributed by atoms with E-state index in [0.717, 1.165) is 57.0 Å². The summed E-state index contributed by atoms with van der Waals surface area (Å²) < 4.78 is 62.0. The molecule has 1 amide bonds. The summed E-state index contributed by atoms with van der Waals surface area (Å²) in [5, 5.41) is 0. The smallest absolute Gasteiger partial charge is 0.243 e. The van der Waals surface area contributed by atoms with Crippen LogP contribution in [0.15, 0.2) is 23.1 Å². The molecule has 0 N–H and O–H groups in total. The van der Waals surface area contributed by atoms with Crippen LogP contribution in [0.5, 0.6) is 0 Å². The Morgan fingerprint density at radius 3 is 2.51 bits per heavy atom. The van der Waals surface area contributed by atoms with Gasteiger partial charge in [0.25, 0.3) is 0 Å². The number of ether oxygens (including phenoxy) is 1. The van der Waals surface area contributed by atoms with Crippen molar-refractivity contribution in [1.29, 1.82) is 0 Å². The summed E-state index contributed by atoms with van der Waals surface area (Å²) in [4.78, 5) is 16.9. The van der Waals surface area contributed by atoms with Crippen molar-refractivity contribution in [3.63, 3.8) is 0 Å². The van der Waals surface area contributed by atoms with Gasteiger partial charge in [-0.05, 0) is 81.6 Å². The average molecular weight is 512 g/mol. The minimum Gasteiger partial charge on any atom is -0.378 e. The summed E-state index contributed by atoms with van der Waals surface area (Å²) in [6, 6.07) is 2.94. The topological polar surface area (TPSA) is 70.2 Å². The van der Waals surface area contributed by atoms with Crippen molar-refractivity contribution in [2.75, 3.05) is 45.9 Å². The SMILES string of the molecule is O=C(CCC[C@@H]1[C@H]2CCCN3CCC[C@@H](CN1S(=O)(=O)c1ccc(F)c(F)c1)[C@@H]23)N1CCOCC1. The Kier molecular flexibility index (Phi) is 7.44. The Labute approximate surface area is 206 Å². The standard InChI is InChI=1S/C25H35F2N3O4S/c26-21-9-8-19(16-22(21)27)35(32,33)30-17-18-4-2-10-29-11-3-5-20(25(18)29)23(30)6-1-7-24(31)28-12-14-34-15-13-28/h8-9,16,18,20,23,25H,1-7,10-15,17H2/t18-,20+,23+,25-/m0/s1. The fourth-order valence-corrected chi connectivity index (χ4v) is 8.57. The molecule has 0 aromatic heterocycles. The zero-order valence-electron chi connectivity index (χ0n) is 20.1. The maximum Gasteiger partial charge on any atom is 0.243 e. The van der Waals surface area contributed by atoms with Crippen LogP contribution in [-0.4, -0.2) is 86.5 Å². The summed E-state index contributed by atoms with van der Waals surface area (Å²) in [6.07, 6.45) is 5.55. The van der Waals surface area contributed by atoms with Gasteiger partial charge in [0.1, 0.15) is 0 Å². The van der Waals surface area contributed by atoms with Crippen molar-refractivity contribution < 1.29 is 26.7 Å². The zero-order valence-corrected chi connectivity index (χ0v) is 20.9. The van der Waals surface area contributed by atoms with Crippen LogP contribution in [-0.2, 0) is 19.6 Å². The van der Waals surface area contributed by atoms with Crippen molar-refractivity contribution in [3.8, 4) is 0 Å². The molecule has 10 heteroatoms. The number of nitrogens with zero attached hydrogens (tertiary/aromatic N) is 3. The highest BCUT2D eigenvalue weighted by atomic mass is 32.2. The predicted molar refractivity (Wildman–Crippen MR) is 126 cm³/mol. The van der Waals surface area contributed by atoms with E-state index in [2.05, 4.69) is 4.90 Å². The van der Waals surface area contributed by atoms with E-state index in [-0.39, 0.29) is 28.7 Å². The van der Waals surface area contributed by atoms with Crippen LogP contribution in [0.3, 0.4) is 0 Å². The van der Waals surface area contributed by atoms with Crippen molar-refractivity contribution in [3.05, 3.63) is 29.8 Å². The molecule has 4 atom stereocenters. The summed E-state index contributed by atoms with van der Waals surface area (Å²) in [7, 11) is -4.01. The first kappa shape index (κ1) is 25.0. The molecule has 4 aliphatic heterocycles. The van der Waals surface area contributed by atoms with Gasteiger partial charge in [0.05, 0.1) is 18.1 Å². The number of rotatable bonds is 6. The molecule has 1 aromatic carbocycles. The van der Waals surface area contributed by atoms with Crippen molar-refractivity contribution in [2.45, 2.75) is 61.9 Å². The molecule has 1 aromatic rings. The number of benzene rings is 1. The Balaban J connectivity index is 1.39. The van der Waals surface area contributed by atoms with E-state index in [1.807, 2.05) is 4.90 Å². The van der Waals surface area contributed by atoms with Crippen LogP contribution in [0.4, 0.5) is 8.78 Å². The van der Waals surface area contributed by atoms with Gasteiger partial charge in [-0.25, -0.2) is 17.2 Å². The molecule has 194 valence electrons. The second kappa shape index (κ2) is 10.4. The summed E-state index contributed by atoms with van der Waals surface area (Å²) >= 11 is 0. The van der Waals surface area contributed by atoms with Crippen molar-refractivity contribution >= 4 is 15.9 Å². The lowest BCUT2D eigenvalue weighted by Gasteiger charge is -2.57. The molecule has 0 spiro atoms. The van der Waals surface area contributed by atoms with Crippen LogP contribution in [0.2, 0.25) is 0 Å². The predicted octanol–water partition coefficient (Wildman–Crippen LogP) is 2.86. The van der Waals surface area contributed by atoms with Gasteiger partial charge in [-0.1, -0.05) is 0 Å². The van der Waals surface area contributed by atoms with Crippen LogP contribution in [0, 0.1) is 23.5 Å². The lowest BCUT2D eigenvalue weighted by Crippen LogP contribution is -2.65. The molecular weight excluding hydrogens is 476 g/mol. The van der Waals surface area contributed by atoms with Crippen LogP contribution in [0.25, 0.3) is 0 Å². The quantitative estimate of drug-likeness (QED) is 0.588. The van der Waals surface area contributed by atoms with Crippen LogP contribution in [0.1, 0.15) is 44.9 Å². The van der Waals surface area contributed by atoms with Crippen molar-refractivity contribution in [1.82, 2.24) is 14.1 Å². The number of amides is 1. The minimum absolute atomic E-state index is 0.0833. The van der Waals surface area contributed by atoms with E-state index in [1.165, 1.54) is 0 Å². The van der Waals surface area contributed by atoms with E-state index < -0.39 is 21.7 Å². The van der Waals surface area contributed by atoms with Gasteiger partial charge in [0.15, 0.2) is 11.6 Å². The molecular formula is C25H35F2N3O4S. The third-order valence-electron chi connectivity index (χ3n) is 8.38. The van der Waals surface area contributed by atoms with Gasteiger partial charge in [0.2, 0.25) is 15.9 Å². The zero-order chi connectivity index (χ0) is 24.6. The summed E-state index contributed by atoms with van der Waals surface area (Å²) in [5.74, 6) is -1.71. The lowest BCUT2D eigenvalue weighted by atomic mass is 9.70. The normalized spacial score (nSPS) is 30.2. The Morgan fingerprint density at radius 2 is 1.77 bits per heavy atom. The number of carbonyl (C=O) groups is 1. The first-order valence-corrected chi connectivity index (χ1v) is 14.4. The molecule has 4 saturated heterocycles. The van der Waals surface area contributed by atoms with E-state index >= 15 is 0 Å². The third kappa shape index (κ3) is 4.99.